The Morgan fingerprint density at radius 1 is 0.903 bits per heavy atom. The van der Waals surface area contributed by atoms with Crippen LogP contribution in [0.4, 0.5) is 11.4 Å². The van der Waals surface area contributed by atoms with Crippen molar-refractivity contribution in [2.45, 2.75) is 12.1 Å². The summed E-state index contributed by atoms with van der Waals surface area (Å²) >= 11 is 9.45. The summed E-state index contributed by atoms with van der Waals surface area (Å²) in [6.45, 7) is 0. The van der Waals surface area contributed by atoms with Gasteiger partial charge in [-0.2, -0.15) is 0 Å². The number of benzene rings is 3. The quantitative estimate of drug-likeness (QED) is 0.521. The monoisotopic (exact) mass is 498 g/mol. The second-order valence-corrected chi connectivity index (χ2v) is 8.70. The highest BCUT2D eigenvalue weighted by atomic mass is 79.9. The normalized spacial score (nSPS) is 22.8. The topological polar surface area (TPSA) is 70.1 Å². The molecule has 2 saturated heterocycles. The third-order valence-corrected chi connectivity index (χ3v) is 6.26. The number of phenolic OH excluding ortho intramolecular Hbond substituents is 1. The van der Waals surface area contributed by atoms with Gasteiger partial charge in [0, 0.05) is 15.1 Å². The zero-order valence-electron chi connectivity index (χ0n) is 16.0. The first-order chi connectivity index (χ1) is 15.0. The molecule has 0 aliphatic carbocycles. The zero-order valence-corrected chi connectivity index (χ0v) is 18.3. The van der Waals surface area contributed by atoms with E-state index in [0.29, 0.717) is 22.0 Å². The van der Waals surface area contributed by atoms with Crippen LogP contribution in [-0.4, -0.2) is 23.0 Å². The molecule has 5 rings (SSSR count). The zero-order chi connectivity index (χ0) is 21.7. The molecule has 2 fully saturated rings. The van der Waals surface area contributed by atoms with E-state index in [1.807, 2.05) is 6.07 Å². The van der Waals surface area contributed by atoms with E-state index < -0.39 is 24.0 Å². The van der Waals surface area contributed by atoms with Gasteiger partial charge in [-0.25, -0.2) is 9.96 Å². The second-order valence-electron chi connectivity index (χ2n) is 7.35. The van der Waals surface area contributed by atoms with Crippen molar-refractivity contribution in [3.63, 3.8) is 0 Å². The number of fused-ring (bicyclic) bond motifs is 1. The summed E-state index contributed by atoms with van der Waals surface area (Å²) in [5.74, 6) is -1.63. The lowest BCUT2D eigenvalue weighted by Crippen LogP contribution is -2.37. The van der Waals surface area contributed by atoms with Gasteiger partial charge in [-0.3, -0.25) is 14.4 Å². The third-order valence-electron chi connectivity index (χ3n) is 5.52. The molecule has 1 N–H and O–H groups in total. The third kappa shape index (κ3) is 3.29. The number of amides is 2. The summed E-state index contributed by atoms with van der Waals surface area (Å²) < 4.78 is 0.733. The second kappa shape index (κ2) is 7.67. The molecule has 0 aromatic heterocycles. The maximum atomic E-state index is 13.5. The summed E-state index contributed by atoms with van der Waals surface area (Å²) in [6.07, 6.45) is -1.01. The Bertz CT molecular complexity index is 1170. The molecule has 0 unspecified atom stereocenters. The highest BCUT2D eigenvalue weighted by Gasteiger charge is 2.60. The molecule has 6 nitrogen and oxygen atoms in total. The molecular weight excluding hydrogens is 484 g/mol. The van der Waals surface area contributed by atoms with Crippen LogP contribution in [0.3, 0.4) is 0 Å². The molecule has 8 heteroatoms. The Hall–Kier alpha value is -2.87. The molecule has 0 spiro atoms. The van der Waals surface area contributed by atoms with Crippen LogP contribution in [0.1, 0.15) is 11.6 Å². The molecule has 31 heavy (non-hydrogen) atoms. The van der Waals surface area contributed by atoms with Crippen LogP contribution < -0.4 is 9.96 Å². The number of hydrogen-bond donors (Lipinski definition) is 1. The predicted octanol–water partition coefficient (Wildman–Crippen LogP) is 4.86. The maximum Gasteiger partial charge on any atom is 0.266 e. The molecule has 0 radical (unpaired) electrons. The Kier molecular flexibility index (Phi) is 4.97. The number of anilines is 2. The molecule has 3 atom stereocenters. The standard InChI is InChI=1S/C23H16BrClN2O4/c24-13-6-11-18(28)17(12-13)20-19-21(31-27(20)16-9-7-14(25)8-10-16)23(30)26(22(19)29)15-4-2-1-3-5-15/h1-12,19-21,28H/t19-,20+,21-/m0/s1. The van der Waals surface area contributed by atoms with E-state index >= 15 is 0 Å². The summed E-state index contributed by atoms with van der Waals surface area (Å²) in [5, 5.41) is 12.7. The van der Waals surface area contributed by atoms with Gasteiger partial charge in [0.25, 0.3) is 5.91 Å². The van der Waals surface area contributed by atoms with Crippen LogP contribution in [0.5, 0.6) is 5.75 Å². The minimum absolute atomic E-state index is 0.00910. The maximum absolute atomic E-state index is 13.5. The highest BCUT2D eigenvalue weighted by Crippen LogP contribution is 2.49. The first-order valence-corrected chi connectivity index (χ1v) is 10.8. The van der Waals surface area contributed by atoms with Crippen molar-refractivity contribution in [2.24, 2.45) is 5.92 Å². The number of para-hydroxylation sites is 1. The first kappa shape index (κ1) is 20.1. The van der Waals surface area contributed by atoms with E-state index in [2.05, 4.69) is 15.9 Å². The van der Waals surface area contributed by atoms with Gasteiger partial charge in [-0.15, -0.1) is 0 Å². The van der Waals surface area contributed by atoms with E-state index in [1.165, 1.54) is 5.06 Å². The molecule has 2 amide bonds. The lowest BCUT2D eigenvalue weighted by molar-refractivity contribution is -0.126. The number of nitrogens with zero attached hydrogens (tertiary/aromatic N) is 2. The van der Waals surface area contributed by atoms with Crippen molar-refractivity contribution in [3.8, 4) is 5.75 Å². The Balaban J connectivity index is 1.63. The summed E-state index contributed by atoms with van der Waals surface area (Å²) in [4.78, 5) is 33.9. The van der Waals surface area contributed by atoms with Crippen LogP contribution in [0.15, 0.2) is 77.3 Å². The fraction of sp³-hybridized carbons (Fsp3) is 0.130. The average Bonchev–Trinajstić information content (AvgIpc) is 3.27. The molecule has 2 heterocycles. The van der Waals surface area contributed by atoms with Crippen molar-refractivity contribution < 1.29 is 19.5 Å². The number of imide groups is 1. The molecule has 0 bridgehead atoms. The van der Waals surface area contributed by atoms with Crippen LogP contribution in [0.2, 0.25) is 5.02 Å². The van der Waals surface area contributed by atoms with Crippen molar-refractivity contribution in [1.29, 1.82) is 0 Å². The summed E-state index contributed by atoms with van der Waals surface area (Å²) in [6, 6.07) is 19.9. The SMILES string of the molecule is O=C1[C@@H]2[C@H](ON(c3ccc(Cl)cc3)[C@@H]2c2cc(Br)ccc2O)C(=O)N1c1ccccc1. The summed E-state index contributed by atoms with van der Waals surface area (Å²) in [5.41, 5.74) is 1.59. The minimum Gasteiger partial charge on any atom is -0.508 e. The largest absolute Gasteiger partial charge is 0.508 e. The predicted molar refractivity (Wildman–Crippen MR) is 120 cm³/mol. The molecule has 2 aliphatic heterocycles. The van der Waals surface area contributed by atoms with Crippen LogP contribution >= 0.6 is 27.5 Å². The number of rotatable bonds is 3. The average molecular weight is 500 g/mol. The number of carbonyl (C=O) groups excluding carboxylic acids is 2. The smallest absolute Gasteiger partial charge is 0.266 e. The van der Waals surface area contributed by atoms with E-state index in [4.69, 9.17) is 16.4 Å². The minimum atomic E-state index is -1.01. The van der Waals surface area contributed by atoms with Gasteiger partial charge in [-0.1, -0.05) is 45.7 Å². The number of carbonyl (C=O) groups is 2. The van der Waals surface area contributed by atoms with Crippen LogP contribution in [0, 0.1) is 5.92 Å². The Labute approximate surface area is 191 Å². The fourth-order valence-corrected chi connectivity index (χ4v) is 4.64. The number of aromatic hydroxyl groups is 1. The lowest BCUT2D eigenvalue weighted by atomic mass is 9.90. The molecule has 3 aromatic carbocycles. The van der Waals surface area contributed by atoms with Crippen molar-refractivity contribution in [3.05, 3.63) is 87.9 Å². The van der Waals surface area contributed by atoms with Gasteiger partial charge in [0.2, 0.25) is 5.91 Å². The first-order valence-electron chi connectivity index (χ1n) is 9.58. The van der Waals surface area contributed by atoms with E-state index in [9.17, 15) is 14.7 Å². The molecular formula is C23H16BrClN2O4. The van der Waals surface area contributed by atoms with Crippen LogP contribution in [-0.2, 0) is 14.4 Å². The van der Waals surface area contributed by atoms with E-state index in [0.717, 1.165) is 9.37 Å². The number of halogens is 2. The Morgan fingerprint density at radius 2 is 1.61 bits per heavy atom. The highest BCUT2D eigenvalue weighted by molar-refractivity contribution is 9.10. The number of phenols is 1. The van der Waals surface area contributed by atoms with Gasteiger partial charge in [0.15, 0.2) is 6.10 Å². The fourth-order valence-electron chi connectivity index (χ4n) is 4.14. The Morgan fingerprint density at radius 3 is 2.32 bits per heavy atom. The van der Waals surface area contributed by atoms with Crippen molar-refractivity contribution in [2.75, 3.05) is 9.96 Å². The van der Waals surface area contributed by atoms with Crippen molar-refractivity contribution in [1.82, 2.24) is 0 Å². The number of hydroxylamine groups is 1. The van der Waals surface area contributed by atoms with E-state index in [-0.39, 0.29) is 11.7 Å². The van der Waals surface area contributed by atoms with Gasteiger partial charge < -0.3 is 5.11 Å². The van der Waals surface area contributed by atoms with Gasteiger partial charge >= 0.3 is 0 Å². The number of hydrogen-bond acceptors (Lipinski definition) is 5. The van der Waals surface area contributed by atoms with Crippen LogP contribution in [0.25, 0.3) is 0 Å². The molecule has 3 aromatic rings. The van der Waals surface area contributed by atoms with Crippen molar-refractivity contribution >= 4 is 50.7 Å². The molecule has 156 valence electrons. The summed E-state index contributed by atoms with van der Waals surface area (Å²) in [7, 11) is 0. The van der Waals surface area contributed by atoms with Gasteiger partial charge in [0.1, 0.15) is 11.7 Å². The molecule has 2 aliphatic rings. The molecule has 0 saturated carbocycles. The lowest BCUT2D eigenvalue weighted by Gasteiger charge is -2.29. The van der Waals surface area contributed by atoms with Gasteiger partial charge in [0.05, 0.1) is 17.4 Å². The van der Waals surface area contributed by atoms with Gasteiger partial charge in [-0.05, 0) is 54.6 Å². The van der Waals surface area contributed by atoms with E-state index in [1.54, 1.807) is 66.7 Å².